The smallest absolute Gasteiger partial charge is 0.229 e. The van der Waals surface area contributed by atoms with Gasteiger partial charge >= 0.3 is 0 Å². The molecule has 1 aromatic carbocycles. The Hall–Kier alpha value is -3.57. The summed E-state index contributed by atoms with van der Waals surface area (Å²) in [6.45, 7) is 12.2. The summed E-state index contributed by atoms with van der Waals surface area (Å²) in [6.07, 6.45) is 3.52. The van der Waals surface area contributed by atoms with Gasteiger partial charge in [0.25, 0.3) is 0 Å². The summed E-state index contributed by atoms with van der Waals surface area (Å²) in [5, 5.41) is 17.3. The molecule has 3 aromatic rings. The molecule has 0 saturated carbocycles. The lowest BCUT2D eigenvalue weighted by Gasteiger charge is -2.38. The second-order valence-electron chi connectivity index (χ2n) is 9.85. The van der Waals surface area contributed by atoms with Gasteiger partial charge in [0, 0.05) is 49.3 Å². The predicted molar refractivity (Wildman–Crippen MR) is 145 cm³/mol. The van der Waals surface area contributed by atoms with Crippen molar-refractivity contribution in [1.82, 2.24) is 25.0 Å². The number of hydrazine groups is 1. The Labute approximate surface area is 217 Å². The van der Waals surface area contributed by atoms with Crippen LogP contribution >= 0.6 is 0 Å². The number of rotatable bonds is 7. The number of anilines is 5. The van der Waals surface area contributed by atoms with Crippen LogP contribution in [0.2, 0.25) is 0 Å². The first-order chi connectivity index (χ1) is 17.8. The van der Waals surface area contributed by atoms with Crippen LogP contribution in [0.25, 0.3) is 0 Å². The summed E-state index contributed by atoms with van der Waals surface area (Å²) in [5.41, 5.74) is 2.40. The van der Waals surface area contributed by atoms with E-state index in [1.807, 2.05) is 12.1 Å². The number of nitrogens with one attached hydrogen (secondary N) is 1. The fourth-order valence-electron chi connectivity index (χ4n) is 4.35. The monoisotopic (exact) mass is 502 g/mol. The first kappa shape index (κ1) is 25.1. The minimum atomic E-state index is -1.09. The minimum absolute atomic E-state index is 0.324. The van der Waals surface area contributed by atoms with Crippen LogP contribution in [0.5, 0.6) is 0 Å². The van der Waals surface area contributed by atoms with Crippen molar-refractivity contribution in [2.45, 2.75) is 26.1 Å². The van der Waals surface area contributed by atoms with Crippen molar-refractivity contribution in [2.24, 2.45) is 0 Å². The molecule has 0 radical (unpaired) electrons. The third kappa shape index (κ3) is 5.57. The van der Waals surface area contributed by atoms with Gasteiger partial charge in [-0.2, -0.15) is 4.98 Å². The molecule has 0 unspecified atom stereocenters. The highest BCUT2D eigenvalue weighted by atomic mass is 16.7. The van der Waals surface area contributed by atoms with Crippen LogP contribution in [0.15, 0.2) is 61.3 Å². The van der Waals surface area contributed by atoms with E-state index in [0.717, 1.165) is 37.4 Å². The zero-order valence-electron chi connectivity index (χ0n) is 21.6. The van der Waals surface area contributed by atoms with Crippen molar-refractivity contribution < 1.29 is 9.94 Å². The van der Waals surface area contributed by atoms with Crippen LogP contribution in [0.1, 0.15) is 25.1 Å². The number of benzene rings is 1. The van der Waals surface area contributed by atoms with Crippen molar-refractivity contribution in [2.75, 3.05) is 55.0 Å². The molecule has 0 aliphatic carbocycles. The van der Waals surface area contributed by atoms with E-state index >= 15 is 0 Å². The average molecular weight is 503 g/mol. The molecule has 1 fully saturated rings. The van der Waals surface area contributed by atoms with Crippen LogP contribution in [0.4, 0.5) is 29.0 Å². The number of likely N-dealkylation sites (N-methyl/N-ethyl adjacent to an activating group) is 1. The summed E-state index contributed by atoms with van der Waals surface area (Å²) < 4.78 is 0. The normalized spacial score (nSPS) is 17.0. The molecule has 194 valence electrons. The lowest BCUT2D eigenvalue weighted by atomic mass is 10.1. The molecule has 2 aliphatic rings. The molecule has 0 bridgehead atoms. The topological polar surface area (TPSA) is 93.1 Å². The molecule has 10 heteroatoms. The van der Waals surface area contributed by atoms with Gasteiger partial charge in [0.2, 0.25) is 5.95 Å². The van der Waals surface area contributed by atoms with Crippen molar-refractivity contribution in [3.63, 3.8) is 0 Å². The van der Waals surface area contributed by atoms with Gasteiger partial charge in [-0.3, -0.25) is 4.84 Å². The Morgan fingerprint density at radius 2 is 1.84 bits per heavy atom. The Morgan fingerprint density at radius 1 is 1.08 bits per heavy atom. The number of fused-ring (bicyclic) bond motifs is 1. The molecule has 0 spiro atoms. The molecule has 4 heterocycles. The van der Waals surface area contributed by atoms with Crippen LogP contribution in [-0.4, -0.2) is 69.9 Å². The van der Waals surface area contributed by atoms with E-state index in [4.69, 9.17) is 14.8 Å². The SMILES string of the molecule is C=CCN1OCc2cnc(Nc3ccc(N4CCN(C)CC4)cc3)nc2N1c1cccc(C(C)(C)O)n1. The van der Waals surface area contributed by atoms with E-state index in [9.17, 15) is 5.11 Å². The van der Waals surface area contributed by atoms with E-state index < -0.39 is 5.60 Å². The van der Waals surface area contributed by atoms with Gasteiger partial charge < -0.3 is 20.2 Å². The molecule has 2 N–H and O–H groups in total. The Kier molecular flexibility index (Phi) is 7.07. The summed E-state index contributed by atoms with van der Waals surface area (Å²) in [7, 11) is 2.16. The predicted octanol–water partition coefficient (Wildman–Crippen LogP) is 3.58. The molecular weight excluding hydrogens is 468 g/mol. The summed E-state index contributed by atoms with van der Waals surface area (Å²) >= 11 is 0. The molecule has 0 atom stereocenters. The fourth-order valence-corrected chi connectivity index (χ4v) is 4.35. The largest absolute Gasteiger partial charge is 0.384 e. The maximum absolute atomic E-state index is 10.5. The Morgan fingerprint density at radius 3 is 2.54 bits per heavy atom. The number of hydrogen-bond donors (Lipinski definition) is 2. The second kappa shape index (κ2) is 10.4. The Balaban J connectivity index is 1.41. The quantitative estimate of drug-likeness (QED) is 0.467. The average Bonchev–Trinajstić information content (AvgIpc) is 2.89. The van der Waals surface area contributed by atoms with Crippen LogP contribution in [0, 0.1) is 0 Å². The van der Waals surface area contributed by atoms with Crippen molar-refractivity contribution in [1.29, 1.82) is 0 Å². The molecule has 2 aliphatic heterocycles. The number of piperazine rings is 1. The van der Waals surface area contributed by atoms with E-state index in [1.165, 1.54) is 5.69 Å². The van der Waals surface area contributed by atoms with E-state index in [-0.39, 0.29) is 0 Å². The number of aliphatic hydroxyl groups is 1. The molecule has 10 nitrogen and oxygen atoms in total. The third-order valence-electron chi connectivity index (χ3n) is 6.49. The first-order valence-electron chi connectivity index (χ1n) is 12.5. The van der Waals surface area contributed by atoms with Crippen molar-refractivity contribution in [3.8, 4) is 0 Å². The maximum atomic E-state index is 10.5. The standard InChI is InChI=1S/C27H34N8O2/c1-5-13-34-35(24-8-6-7-23(30-24)27(2,3)36)25-20(19-37-34)18-28-26(31-25)29-21-9-11-22(12-10-21)33-16-14-32(4)15-17-33/h5-12,18,36H,1,13-17,19H2,2-4H3,(H,28,29,31). The van der Waals surface area contributed by atoms with Gasteiger partial charge in [-0.1, -0.05) is 17.3 Å². The molecule has 0 amide bonds. The lowest BCUT2D eigenvalue weighted by molar-refractivity contribution is -0.172. The highest BCUT2D eigenvalue weighted by Gasteiger charge is 2.30. The highest BCUT2D eigenvalue weighted by Crippen LogP contribution is 2.34. The highest BCUT2D eigenvalue weighted by molar-refractivity contribution is 5.64. The number of aromatic nitrogens is 3. The fraction of sp³-hybridized carbons (Fsp3) is 0.370. The molecule has 1 saturated heterocycles. The Bertz CT molecular complexity index is 1240. The van der Waals surface area contributed by atoms with Crippen LogP contribution in [-0.2, 0) is 17.0 Å². The van der Waals surface area contributed by atoms with Crippen molar-refractivity contribution in [3.05, 3.63) is 72.6 Å². The number of hydrogen-bond acceptors (Lipinski definition) is 10. The summed E-state index contributed by atoms with van der Waals surface area (Å²) in [5.74, 6) is 1.69. The van der Waals surface area contributed by atoms with E-state index in [2.05, 4.69) is 58.0 Å². The van der Waals surface area contributed by atoms with Crippen LogP contribution in [0.3, 0.4) is 0 Å². The van der Waals surface area contributed by atoms with Gasteiger partial charge in [0.1, 0.15) is 12.2 Å². The molecule has 5 rings (SSSR count). The van der Waals surface area contributed by atoms with Gasteiger partial charge in [-0.05, 0) is 57.3 Å². The second-order valence-corrected chi connectivity index (χ2v) is 9.85. The zero-order valence-corrected chi connectivity index (χ0v) is 21.6. The van der Waals surface area contributed by atoms with Crippen molar-refractivity contribution >= 4 is 29.0 Å². The number of hydroxylamine groups is 1. The van der Waals surface area contributed by atoms with E-state index in [1.54, 1.807) is 42.4 Å². The lowest BCUT2D eigenvalue weighted by Crippen LogP contribution is -2.44. The molecule has 37 heavy (non-hydrogen) atoms. The number of pyridine rings is 1. The van der Waals surface area contributed by atoms with Crippen LogP contribution < -0.4 is 15.2 Å². The molecular formula is C27H34N8O2. The van der Waals surface area contributed by atoms with Gasteiger partial charge in [0.15, 0.2) is 11.6 Å². The van der Waals surface area contributed by atoms with Gasteiger partial charge in [0.05, 0.1) is 12.2 Å². The molecule has 2 aromatic heterocycles. The van der Waals surface area contributed by atoms with E-state index in [0.29, 0.717) is 36.4 Å². The summed E-state index contributed by atoms with van der Waals surface area (Å²) in [6, 6.07) is 13.9. The third-order valence-corrected chi connectivity index (χ3v) is 6.49. The number of nitrogens with zero attached hydrogens (tertiary/aromatic N) is 7. The summed E-state index contributed by atoms with van der Waals surface area (Å²) in [4.78, 5) is 24.8. The first-order valence-corrected chi connectivity index (χ1v) is 12.5. The maximum Gasteiger partial charge on any atom is 0.229 e. The minimum Gasteiger partial charge on any atom is -0.384 e. The van der Waals surface area contributed by atoms with Gasteiger partial charge in [-0.25, -0.2) is 15.0 Å². The van der Waals surface area contributed by atoms with Gasteiger partial charge in [-0.15, -0.1) is 6.58 Å². The zero-order chi connectivity index (χ0) is 26.0.